The molecule has 2 rings (SSSR count). The van der Waals surface area contributed by atoms with Gasteiger partial charge in [-0.15, -0.1) is 0 Å². The van der Waals surface area contributed by atoms with E-state index in [2.05, 4.69) is 17.2 Å². The molecule has 2 unspecified atom stereocenters. The minimum atomic E-state index is -0.101. The number of pyridine rings is 1. The summed E-state index contributed by atoms with van der Waals surface area (Å²) in [6.45, 7) is 5.45. The molecule has 0 saturated carbocycles. The van der Waals surface area contributed by atoms with E-state index in [-0.39, 0.29) is 11.9 Å². The molecule has 4 nitrogen and oxygen atoms in total. The average Bonchev–Trinajstić information content (AvgIpc) is 2.44. The lowest BCUT2D eigenvalue weighted by Crippen LogP contribution is -2.42. The van der Waals surface area contributed by atoms with Gasteiger partial charge >= 0.3 is 0 Å². The molecule has 1 aromatic heterocycles. The summed E-state index contributed by atoms with van der Waals surface area (Å²) in [6.07, 6.45) is 2.75. The van der Waals surface area contributed by atoms with Crippen molar-refractivity contribution in [2.24, 2.45) is 0 Å². The average molecular weight is 233 g/mol. The van der Waals surface area contributed by atoms with Crippen LogP contribution in [0.15, 0.2) is 24.4 Å². The van der Waals surface area contributed by atoms with Gasteiger partial charge in [-0.25, -0.2) is 0 Å². The Morgan fingerprint density at radius 1 is 1.47 bits per heavy atom. The predicted molar refractivity (Wildman–Crippen MR) is 66.3 cm³/mol. The Morgan fingerprint density at radius 3 is 3.00 bits per heavy atom. The van der Waals surface area contributed by atoms with E-state index < -0.39 is 0 Å². The van der Waals surface area contributed by atoms with Crippen LogP contribution in [0, 0.1) is 0 Å². The molecular formula is C13H19N3O. The molecule has 0 aliphatic carbocycles. The molecule has 1 amide bonds. The minimum Gasteiger partial charge on any atom is -0.335 e. The molecule has 4 heteroatoms. The highest BCUT2D eigenvalue weighted by Crippen LogP contribution is 2.10. The van der Waals surface area contributed by atoms with Crippen molar-refractivity contribution in [1.29, 1.82) is 0 Å². The van der Waals surface area contributed by atoms with Crippen LogP contribution in [0.4, 0.5) is 0 Å². The highest BCUT2D eigenvalue weighted by atomic mass is 16.2. The van der Waals surface area contributed by atoms with Gasteiger partial charge in [-0.05, 0) is 32.4 Å². The highest BCUT2D eigenvalue weighted by molar-refractivity contribution is 5.81. The molecule has 1 aromatic rings. The number of aromatic nitrogens is 1. The Hall–Kier alpha value is -1.42. The fraction of sp³-hybridized carbons (Fsp3) is 0.538. The summed E-state index contributed by atoms with van der Waals surface area (Å²) in [5.74, 6) is 0.167. The van der Waals surface area contributed by atoms with Crippen LogP contribution in [-0.4, -0.2) is 34.4 Å². The second-order valence-corrected chi connectivity index (χ2v) is 4.66. The van der Waals surface area contributed by atoms with Gasteiger partial charge in [-0.3, -0.25) is 9.78 Å². The summed E-state index contributed by atoms with van der Waals surface area (Å²) in [6, 6.07) is 6.09. The fourth-order valence-electron chi connectivity index (χ4n) is 2.16. The van der Waals surface area contributed by atoms with Crippen molar-refractivity contribution in [2.75, 3.05) is 6.54 Å². The number of hydrogen-bond donors (Lipinski definition) is 1. The quantitative estimate of drug-likeness (QED) is 0.834. The van der Waals surface area contributed by atoms with Crippen LogP contribution in [0.5, 0.6) is 0 Å². The molecular weight excluding hydrogens is 214 g/mol. The second kappa shape index (κ2) is 5.27. The van der Waals surface area contributed by atoms with E-state index in [9.17, 15) is 4.79 Å². The first-order valence-corrected chi connectivity index (χ1v) is 6.11. The first-order valence-electron chi connectivity index (χ1n) is 6.11. The van der Waals surface area contributed by atoms with Crippen molar-refractivity contribution in [3.63, 3.8) is 0 Å². The zero-order chi connectivity index (χ0) is 12.3. The lowest BCUT2D eigenvalue weighted by molar-refractivity contribution is -0.132. The van der Waals surface area contributed by atoms with E-state index in [1.54, 1.807) is 6.20 Å². The van der Waals surface area contributed by atoms with Gasteiger partial charge in [0.05, 0.1) is 18.3 Å². The lowest BCUT2D eigenvalue weighted by Gasteiger charge is -2.22. The van der Waals surface area contributed by atoms with Gasteiger partial charge in [0.1, 0.15) is 0 Å². The first-order chi connectivity index (χ1) is 8.16. The molecule has 1 aliphatic rings. The summed E-state index contributed by atoms with van der Waals surface area (Å²) in [5.41, 5.74) is 0.947. The van der Waals surface area contributed by atoms with Crippen molar-refractivity contribution in [1.82, 2.24) is 15.2 Å². The Balaban J connectivity index is 2.07. The number of nitrogens with zero attached hydrogens (tertiary/aromatic N) is 2. The number of carbonyl (C=O) groups is 1. The molecule has 0 spiro atoms. The normalized spacial score (nSPS) is 25.8. The van der Waals surface area contributed by atoms with Gasteiger partial charge in [0.15, 0.2) is 0 Å². The SMILES string of the molecule is CC1CCN(Cc2ccccn2)C(=O)C(C)N1. The van der Waals surface area contributed by atoms with E-state index in [1.165, 1.54) is 0 Å². The summed E-state index contributed by atoms with van der Waals surface area (Å²) in [7, 11) is 0. The van der Waals surface area contributed by atoms with E-state index in [1.807, 2.05) is 30.0 Å². The van der Waals surface area contributed by atoms with E-state index in [4.69, 9.17) is 0 Å². The number of amides is 1. The van der Waals surface area contributed by atoms with Gasteiger partial charge in [-0.2, -0.15) is 0 Å². The van der Waals surface area contributed by atoms with Crippen LogP contribution in [0.3, 0.4) is 0 Å². The molecule has 2 atom stereocenters. The van der Waals surface area contributed by atoms with Crippen LogP contribution >= 0.6 is 0 Å². The zero-order valence-electron chi connectivity index (χ0n) is 10.4. The first kappa shape index (κ1) is 12.0. The summed E-state index contributed by atoms with van der Waals surface area (Å²) >= 11 is 0. The van der Waals surface area contributed by atoms with Crippen molar-refractivity contribution in [3.05, 3.63) is 30.1 Å². The van der Waals surface area contributed by atoms with Crippen LogP contribution in [-0.2, 0) is 11.3 Å². The molecule has 0 aromatic carbocycles. The van der Waals surface area contributed by atoms with Crippen molar-refractivity contribution >= 4 is 5.91 Å². The molecule has 2 heterocycles. The third-order valence-electron chi connectivity index (χ3n) is 3.13. The lowest BCUT2D eigenvalue weighted by atomic mass is 10.2. The van der Waals surface area contributed by atoms with Crippen molar-refractivity contribution in [2.45, 2.75) is 38.9 Å². The number of hydrogen-bond acceptors (Lipinski definition) is 3. The monoisotopic (exact) mass is 233 g/mol. The molecule has 1 saturated heterocycles. The summed E-state index contributed by atoms with van der Waals surface area (Å²) in [5, 5.41) is 3.30. The topological polar surface area (TPSA) is 45.2 Å². The van der Waals surface area contributed by atoms with E-state index >= 15 is 0 Å². The number of carbonyl (C=O) groups excluding carboxylic acids is 1. The third-order valence-corrected chi connectivity index (χ3v) is 3.13. The van der Waals surface area contributed by atoms with Gasteiger partial charge < -0.3 is 10.2 Å². The van der Waals surface area contributed by atoms with Crippen LogP contribution in [0.2, 0.25) is 0 Å². The van der Waals surface area contributed by atoms with Crippen molar-refractivity contribution in [3.8, 4) is 0 Å². The minimum absolute atomic E-state index is 0.101. The summed E-state index contributed by atoms with van der Waals surface area (Å²) < 4.78 is 0. The van der Waals surface area contributed by atoms with E-state index in [0.29, 0.717) is 12.6 Å². The van der Waals surface area contributed by atoms with Gasteiger partial charge in [-0.1, -0.05) is 6.07 Å². The Kier molecular flexibility index (Phi) is 3.74. The molecule has 0 bridgehead atoms. The molecule has 1 N–H and O–H groups in total. The highest BCUT2D eigenvalue weighted by Gasteiger charge is 2.25. The maximum absolute atomic E-state index is 12.1. The summed E-state index contributed by atoms with van der Waals surface area (Å²) in [4.78, 5) is 18.3. The van der Waals surface area contributed by atoms with Crippen molar-refractivity contribution < 1.29 is 4.79 Å². The predicted octanol–water partition coefficient (Wildman–Crippen LogP) is 1.18. The largest absolute Gasteiger partial charge is 0.335 e. The van der Waals surface area contributed by atoms with Crippen LogP contribution < -0.4 is 5.32 Å². The molecule has 0 radical (unpaired) electrons. The Bertz CT molecular complexity index is 380. The van der Waals surface area contributed by atoms with Crippen LogP contribution in [0.25, 0.3) is 0 Å². The maximum atomic E-state index is 12.1. The standard InChI is InChI=1S/C13H19N3O/c1-10-6-8-16(13(17)11(2)15-10)9-12-5-3-4-7-14-12/h3-5,7,10-11,15H,6,8-9H2,1-2H3. The van der Waals surface area contributed by atoms with E-state index in [0.717, 1.165) is 18.7 Å². The number of nitrogens with one attached hydrogen (secondary N) is 1. The molecule has 1 fully saturated rings. The van der Waals surface area contributed by atoms with Crippen LogP contribution in [0.1, 0.15) is 26.0 Å². The molecule has 17 heavy (non-hydrogen) atoms. The zero-order valence-corrected chi connectivity index (χ0v) is 10.4. The second-order valence-electron chi connectivity index (χ2n) is 4.66. The third kappa shape index (κ3) is 3.03. The Morgan fingerprint density at radius 2 is 2.29 bits per heavy atom. The van der Waals surface area contributed by atoms with Gasteiger partial charge in [0.2, 0.25) is 5.91 Å². The maximum Gasteiger partial charge on any atom is 0.239 e. The fourth-order valence-corrected chi connectivity index (χ4v) is 2.16. The van der Waals surface area contributed by atoms with Gasteiger partial charge in [0.25, 0.3) is 0 Å². The van der Waals surface area contributed by atoms with Gasteiger partial charge in [0, 0.05) is 18.8 Å². The molecule has 92 valence electrons. The number of rotatable bonds is 2. The molecule has 1 aliphatic heterocycles. The smallest absolute Gasteiger partial charge is 0.239 e. The Labute approximate surface area is 102 Å².